The first kappa shape index (κ1) is 22.2. The smallest absolute Gasteiger partial charge is 0.409 e. The molecule has 0 aliphatic carbocycles. The Morgan fingerprint density at radius 3 is 2.47 bits per heavy atom. The molecular formula is C22H35N5O3. The van der Waals surface area contributed by atoms with E-state index < -0.39 is 0 Å². The lowest BCUT2D eigenvalue weighted by atomic mass is 10.1. The van der Waals surface area contributed by atoms with Crippen LogP contribution in [0.15, 0.2) is 29.3 Å². The number of amides is 1. The molecule has 1 aromatic rings. The van der Waals surface area contributed by atoms with Crippen molar-refractivity contribution in [1.29, 1.82) is 0 Å². The van der Waals surface area contributed by atoms with E-state index in [4.69, 9.17) is 15.2 Å². The van der Waals surface area contributed by atoms with E-state index in [0.717, 1.165) is 31.7 Å². The van der Waals surface area contributed by atoms with Gasteiger partial charge in [0.05, 0.1) is 26.3 Å². The Hall–Kier alpha value is -2.48. The van der Waals surface area contributed by atoms with Gasteiger partial charge in [-0.1, -0.05) is 12.1 Å². The highest BCUT2D eigenvalue weighted by atomic mass is 16.6. The van der Waals surface area contributed by atoms with Crippen LogP contribution in [0.3, 0.4) is 0 Å². The molecule has 166 valence electrons. The van der Waals surface area contributed by atoms with Gasteiger partial charge in [0.25, 0.3) is 0 Å². The third-order valence-corrected chi connectivity index (χ3v) is 5.89. The second kappa shape index (κ2) is 11.1. The van der Waals surface area contributed by atoms with E-state index in [-0.39, 0.29) is 18.2 Å². The van der Waals surface area contributed by atoms with E-state index in [1.807, 2.05) is 19.1 Å². The van der Waals surface area contributed by atoms with Crippen molar-refractivity contribution in [2.45, 2.75) is 44.7 Å². The number of ether oxygens (including phenoxy) is 2. The first-order valence-electron chi connectivity index (χ1n) is 11.0. The van der Waals surface area contributed by atoms with Crippen LogP contribution in [0.2, 0.25) is 0 Å². The number of aliphatic imine (C=N–C) groups is 1. The Labute approximate surface area is 179 Å². The summed E-state index contributed by atoms with van der Waals surface area (Å²) in [5.74, 6) is 1.33. The van der Waals surface area contributed by atoms with Crippen molar-refractivity contribution in [2.75, 3.05) is 46.4 Å². The van der Waals surface area contributed by atoms with Crippen LogP contribution in [-0.2, 0) is 4.74 Å². The highest BCUT2D eigenvalue weighted by Crippen LogP contribution is 2.27. The molecule has 3 N–H and O–H groups in total. The molecule has 2 fully saturated rings. The molecule has 2 heterocycles. The van der Waals surface area contributed by atoms with Crippen LogP contribution >= 0.6 is 0 Å². The molecular weight excluding hydrogens is 382 g/mol. The maximum absolute atomic E-state index is 11.8. The van der Waals surface area contributed by atoms with Crippen LogP contribution in [0, 0.1) is 0 Å². The molecule has 1 aromatic carbocycles. The summed E-state index contributed by atoms with van der Waals surface area (Å²) >= 11 is 0. The zero-order valence-electron chi connectivity index (χ0n) is 18.2. The van der Waals surface area contributed by atoms with E-state index >= 15 is 0 Å². The summed E-state index contributed by atoms with van der Waals surface area (Å²) in [7, 11) is 1.68. The number of nitrogens with zero attached hydrogens (tertiary/aromatic N) is 3. The molecule has 0 saturated carbocycles. The van der Waals surface area contributed by atoms with E-state index in [1.54, 1.807) is 12.0 Å². The standard InChI is InChI=1S/C22H35N5O3/c1-3-30-22(28)27-14-10-18(11-15-27)25-21(23)24-16-20(26-12-4-5-13-26)17-6-8-19(29-2)9-7-17/h6-9,18,20H,3-5,10-16H2,1-2H3,(H3,23,24,25). The van der Waals surface area contributed by atoms with Gasteiger partial charge in [0.1, 0.15) is 5.75 Å². The molecule has 1 unspecified atom stereocenters. The van der Waals surface area contributed by atoms with E-state index in [2.05, 4.69) is 27.3 Å². The molecule has 0 aromatic heterocycles. The fourth-order valence-corrected chi connectivity index (χ4v) is 4.17. The molecule has 0 spiro atoms. The summed E-state index contributed by atoms with van der Waals surface area (Å²) in [5, 5.41) is 3.34. The summed E-state index contributed by atoms with van der Waals surface area (Å²) in [6, 6.07) is 8.68. The molecule has 2 aliphatic heterocycles. The van der Waals surface area contributed by atoms with Crippen molar-refractivity contribution < 1.29 is 14.3 Å². The third-order valence-electron chi connectivity index (χ3n) is 5.89. The number of hydrogen-bond donors (Lipinski definition) is 2. The summed E-state index contributed by atoms with van der Waals surface area (Å²) in [4.78, 5) is 20.7. The Morgan fingerprint density at radius 1 is 1.20 bits per heavy atom. The second-order valence-corrected chi connectivity index (χ2v) is 7.86. The maximum Gasteiger partial charge on any atom is 0.409 e. The Bertz CT molecular complexity index is 695. The number of piperidine rings is 1. The van der Waals surface area contributed by atoms with Gasteiger partial charge in [-0.3, -0.25) is 9.89 Å². The second-order valence-electron chi connectivity index (χ2n) is 7.86. The van der Waals surface area contributed by atoms with E-state index in [1.165, 1.54) is 18.4 Å². The number of nitrogens with two attached hydrogens (primary N) is 1. The molecule has 1 amide bonds. The number of carbonyl (C=O) groups excluding carboxylic acids is 1. The number of carbonyl (C=O) groups is 1. The molecule has 1 atom stereocenters. The monoisotopic (exact) mass is 417 g/mol. The molecule has 8 nitrogen and oxygen atoms in total. The number of hydrogen-bond acceptors (Lipinski definition) is 5. The predicted octanol–water partition coefficient (Wildman–Crippen LogP) is 2.36. The van der Waals surface area contributed by atoms with Gasteiger partial charge in [-0.2, -0.15) is 0 Å². The highest BCUT2D eigenvalue weighted by molar-refractivity contribution is 5.78. The predicted molar refractivity (Wildman–Crippen MR) is 118 cm³/mol. The van der Waals surface area contributed by atoms with Crippen LogP contribution in [-0.4, -0.2) is 74.3 Å². The number of nitrogens with one attached hydrogen (secondary N) is 1. The quantitative estimate of drug-likeness (QED) is 0.523. The summed E-state index contributed by atoms with van der Waals surface area (Å²) in [6.07, 6.45) is 3.89. The molecule has 0 bridgehead atoms. The number of rotatable bonds is 7. The largest absolute Gasteiger partial charge is 0.497 e. The number of likely N-dealkylation sites (tertiary alicyclic amines) is 2. The van der Waals surface area contributed by atoms with Crippen LogP contribution in [0.4, 0.5) is 4.79 Å². The minimum atomic E-state index is -0.231. The van der Waals surface area contributed by atoms with Gasteiger partial charge in [0, 0.05) is 19.1 Å². The number of guanidine groups is 1. The first-order valence-corrected chi connectivity index (χ1v) is 11.0. The molecule has 2 aliphatic rings. The zero-order chi connectivity index (χ0) is 21.3. The van der Waals surface area contributed by atoms with Crippen molar-refractivity contribution in [3.05, 3.63) is 29.8 Å². The normalized spacial score (nSPS) is 19.5. The molecule has 8 heteroatoms. The lowest BCUT2D eigenvalue weighted by molar-refractivity contribution is 0.0963. The minimum Gasteiger partial charge on any atom is -0.497 e. The van der Waals surface area contributed by atoms with Gasteiger partial charge in [-0.05, 0) is 63.4 Å². The fraction of sp³-hybridized carbons (Fsp3) is 0.636. The van der Waals surface area contributed by atoms with Crippen LogP contribution in [0.1, 0.15) is 44.2 Å². The fourth-order valence-electron chi connectivity index (χ4n) is 4.17. The maximum atomic E-state index is 11.8. The number of methoxy groups -OCH3 is 1. The summed E-state index contributed by atoms with van der Waals surface area (Å²) < 4.78 is 10.4. The Kier molecular flexibility index (Phi) is 8.19. The van der Waals surface area contributed by atoms with Gasteiger partial charge >= 0.3 is 6.09 Å². The first-order chi connectivity index (χ1) is 14.6. The van der Waals surface area contributed by atoms with Crippen LogP contribution in [0.5, 0.6) is 5.75 Å². The third kappa shape index (κ3) is 6.01. The molecule has 0 radical (unpaired) electrons. The summed E-state index contributed by atoms with van der Waals surface area (Å²) in [6.45, 7) is 6.37. The van der Waals surface area contributed by atoms with Gasteiger partial charge < -0.3 is 25.4 Å². The van der Waals surface area contributed by atoms with Crippen molar-refractivity contribution in [3.63, 3.8) is 0 Å². The number of benzene rings is 1. The van der Waals surface area contributed by atoms with Gasteiger partial charge in [0.15, 0.2) is 5.96 Å². The van der Waals surface area contributed by atoms with Crippen molar-refractivity contribution in [2.24, 2.45) is 10.7 Å². The summed E-state index contributed by atoms with van der Waals surface area (Å²) in [5.41, 5.74) is 7.45. The highest BCUT2D eigenvalue weighted by Gasteiger charge is 2.25. The lowest BCUT2D eigenvalue weighted by Crippen LogP contribution is -2.48. The molecule has 2 saturated heterocycles. The zero-order valence-corrected chi connectivity index (χ0v) is 18.2. The topological polar surface area (TPSA) is 92.4 Å². The van der Waals surface area contributed by atoms with E-state index in [0.29, 0.717) is 32.2 Å². The van der Waals surface area contributed by atoms with Gasteiger partial charge in [-0.15, -0.1) is 0 Å². The van der Waals surface area contributed by atoms with Crippen LogP contribution in [0.25, 0.3) is 0 Å². The Morgan fingerprint density at radius 2 is 1.87 bits per heavy atom. The SMILES string of the molecule is CCOC(=O)N1CCC(NC(N)=NCC(c2ccc(OC)cc2)N2CCCC2)CC1. The lowest BCUT2D eigenvalue weighted by Gasteiger charge is -2.32. The van der Waals surface area contributed by atoms with Gasteiger partial charge in [0.2, 0.25) is 0 Å². The van der Waals surface area contributed by atoms with E-state index in [9.17, 15) is 4.79 Å². The van der Waals surface area contributed by atoms with Crippen molar-refractivity contribution >= 4 is 12.1 Å². The van der Waals surface area contributed by atoms with Crippen LogP contribution < -0.4 is 15.8 Å². The average Bonchev–Trinajstić information content (AvgIpc) is 3.29. The Balaban J connectivity index is 1.55. The van der Waals surface area contributed by atoms with Gasteiger partial charge in [-0.25, -0.2) is 4.79 Å². The van der Waals surface area contributed by atoms with Crippen molar-refractivity contribution in [1.82, 2.24) is 15.1 Å². The van der Waals surface area contributed by atoms with Crippen molar-refractivity contribution in [3.8, 4) is 5.75 Å². The molecule has 3 rings (SSSR count). The molecule has 30 heavy (non-hydrogen) atoms. The minimum absolute atomic E-state index is 0.212. The average molecular weight is 418 g/mol.